The first-order valence-electron chi connectivity index (χ1n) is 8.20. The van der Waals surface area contributed by atoms with Gasteiger partial charge >= 0.3 is 0 Å². The molecule has 0 radical (unpaired) electrons. The van der Waals surface area contributed by atoms with E-state index in [2.05, 4.69) is 27.9 Å². The molecule has 0 amide bonds. The summed E-state index contributed by atoms with van der Waals surface area (Å²) in [4.78, 5) is 8.71. The monoisotopic (exact) mass is 336 g/mol. The fourth-order valence-corrected chi connectivity index (χ4v) is 2.52. The lowest BCUT2D eigenvalue weighted by atomic mass is 10.1. The second kappa shape index (κ2) is 7.77. The molecule has 0 saturated carbocycles. The van der Waals surface area contributed by atoms with Gasteiger partial charge in [0.05, 0.1) is 24.5 Å². The highest BCUT2D eigenvalue weighted by Crippen LogP contribution is 2.27. The minimum absolute atomic E-state index is 0.00759. The van der Waals surface area contributed by atoms with Crippen molar-refractivity contribution in [3.05, 3.63) is 48.7 Å². The molecule has 0 spiro atoms. The van der Waals surface area contributed by atoms with Crippen LogP contribution < -0.4 is 10.1 Å². The highest BCUT2D eigenvalue weighted by Gasteiger charge is 2.19. The maximum Gasteiger partial charge on any atom is 0.223 e. The SMILES string of the molecule is C=CC(C)Nc1nccc(-c2ccc(OC3CCOC3)c(C#N)c2)n1. The van der Waals surface area contributed by atoms with E-state index in [1.54, 1.807) is 18.3 Å². The average Bonchev–Trinajstić information content (AvgIpc) is 3.15. The van der Waals surface area contributed by atoms with Gasteiger partial charge in [0.15, 0.2) is 0 Å². The number of ether oxygens (including phenoxy) is 2. The molecule has 3 rings (SSSR count). The fourth-order valence-electron chi connectivity index (χ4n) is 2.52. The van der Waals surface area contributed by atoms with Crippen molar-refractivity contribution < 1.29 is 9.47 Å². The third kappa shape index (κ3) is 4.14. The smallest absolute Gasteiger partial charge is 0.223 e. The van der Waals surface area contributed by atoms with Crippen LogP contribution in [-0.4, -0.2) is 35.3 Å². The van der Waals surface area contributed by atoms with Gasteiger partial charge in [0.2, 0.25) is 5.95 Å². The Hall–Kier alpha value is -2.91. The molecule has 1 aromatic carbocycles. The lowest BCUT2D eigenvalue weighted by Crippen LogP contribution is -2.16. The number of nitrogens with zero attached hydrogens (tertiary/aromatic N) is 3. The summed E-state index contributed by atoms with van der Waals surface area (Å²) in [5, 5.41) is 12.6. The van der Waals surface area contributed by atoms with Crippen LogP contribution in [0.4, 0.5) is 5.95 Å². The first kappa shape index (κ1) is 16.9. The van der Waals surface area contributed by atoms with Gasteiger partial charge in [-0.05, 0) is 31.2 Å². The lowest BCUT2D eigenvalue weighted by molar-refractivity contribution is 0.141. The van der Waals surface area contributed by atoms with Gasteiger partial charge in [0.25, 0.3) is 0 Å². The van der Waals surface area contributed by atoms with E-state index in [1.165, 1.54) is 0 Å². The van der Waals surface area contributed by atoms with Crippen molar-refractivity contribution in [1.29, 1.82) is 5.26 Å². The quantitative estimate of drug-likeness (QED) is 0.816. The summed E-state index contributed by atoms with van der Waals surface area (Å²) in [6.07, 6.45) is 4.32. The average molecular weight is 336 g/mol. The van der Waals surface area contributed by atoms with E-state index in [0.29, 0.717) is 30.5 Å². The van der Waals surface area contributed by atoms with Crippen molar-refractivity contribution in [2.45, 2.75) is 25.5 Å². The summed E-state index contributed by atoms with van der Waals surface area (Å²) in [6, 6.07) is 9.57. The topological polar surface area (TPSA) is 80.1 Å². The largest absolute Gasteiger partial charge is 0.487 e. The van der Waals surface area contributed by atoms with Crippen LogP contribution >= 0.6 is 0 Å². The van der Waals surface area contributed by atoms with Crippen LogP contribution in [0.1, 0.15) is 18.9 Å². The van der Waals surface area contributed by atoms with E-state index in [1.807, 2.05) is 25.1 Å². The second-order valence-corrected chi connectivity index (χ2v) is 5.86. The maximum atomic E-state index is 9.45. The molecule has 2 heterocycles. The number of hydrogen-bond acceptors (Lipinski definition) is 6. The molecule has 128 valence electrons. The normalized spacial score (nSPS) is 17.5. The molecule has 2 unspecified atom stereocenters. The molecule has 1 saturated heterocycles. The van der Waals surface area contributed by atoms with Crippen molar-refractivity contribution in [1.82, 2.24) is 9.97 Å². The van der Waals surface area contributed by atoms with Gasteiger partial charge in [0.1, 0.15) is 17.9 Å². The number of rotatable bonds is 6. The molecule has 0 aliphatic carbocycles. The van der Waals surface area contributed by atoms with Crippen LogP contribution in [0.5, 0.6) is 5.75 Å². The Bertz CT molecular complexity index is 794. The Morgan fingerprint density at radius 3 is 3.08 bits per heavy atom. The van der Waals surface area contributed by atoms with E-state index in [-0.39, 0.29) is 12.1 Å². The van der Waals surface area contributed by atoms with Gasteiger partial charge < -0.3 is 14.8 Å². The Kier molecular flexibility index (Phi) is 5.26. The van der Waals surface area contributed by atoms with Crippen molar-refractivity contribution in [2.24, 2.45) is 0 Å². The molecule has 6 nitrogen and oxygen atoms in total. The Labute approximate surface area is 147 Å². The van der Waals surface area contributed by atoms with E-state index in [4.69, 9.17) is 9.47 Å². The highest BCUT2D eigenvalue weighted by atomic mass is 16.5. The van der Waals surface area contributed by atoms with Gasteiger partial charge in [-0.15, -0.1) is 6.58 Å². The Morgan fingerprint density at radius 2 is 2.36 bits per heavy atom. The van der Waals surface area contributed by atoms with Crippen molar-refractivity contribution in [3.63, 3.8) is 0 Å². The molecule has 1 aromatic heterocycles. The number of anilines is 1. The first-order valence-corrected chi connectivity index (χ1v) is 8.20. The number of hydrogen-bond donors (Lipinski definition) is 1. The second-order valence-electron chi connectivity index (χ2n) is 5.86. The predicted octanol–water partition coefficient (Wildman–Crippen LogP) is 3.17. The van der Waals surface area contributed by atoms with Gasteiger partial charge in [-0.3, -0.25) is 0 Å². The zero-order valence-electron chi connectivity index (χ0n) is 14.1. The zero-order valence-corrected chi connectivity index (χ0v) is 14.1. The molecule has 1 aliphatic rings. The van der Waals surface area contributed by atoms with Gasteiger partial charge in [-0.1, -0.05) is 6.08 Å². The number of nitrogens with one attached hydrogen (secondary N) is 1. The highest BCUT2D eigenvalue weighted by molar-refractivity contribution is 5.64. The van der Waals surface area contributed by atoms with Crippen molar-refractivity contribution in [3.8, 4) is 23.1 Å². The number of nitriles is 1. The summed E-state index contributed by atoms with van der Waals surface area (Å²) in [7, 11) is 0. The predicted molar refractivity (Wildman–Crippen MR) is 95.3 cm³/mol. The third-order valence-electron chi connectivity index (χ3n) is 3.94. The lowest BCUT2D eigenvalue weighted by Gasteiger charge is -2.14. The van der Waals surface area contributed by atoms with E-state index >= 15 is 0 Å². The Balaban J connectivity index is 1.84. The molecule has 1 aliphatic heterocycles. The molecule has 2 aromatic rings. The molecule has 25 heavy (non-hydrogen) atoms. The molecule has 2 atom stereocenters. The molecular weight excluding hydrogens is 316 g/mol. The maximum absolute atomic E-state index is 9.45. The van der Waals surface area contributed by atoms with Crippen LogP contribution in [0.25, 0.3) is 11.3 Å². The van der Waals surface area contributed by atoms with E-state index in [0.717, 1.165) is 17.7 Å². The van der Waals surface area contributed by atoms with Crippen molar-refractivity contribution in [2.75, 3.05) is 18.5 Å². The van der Waals surface area contributed by atoms with Gasteiger partial charge in [-0.25, -0.2) is 9.97 Å². The minimum Gasteiger partial charge on any atom is -0.487 e. The van der Waals surface area contributed by atoms with Crippen LogP contribution in [0.2, 0.25) is 0 Å². The zero-order chi connectivity index (χ0) is 17.6. The van der Waals surface area contributed by atoms with Crippen LogP contribution in [-0.2, 0) is 4.74 Å². The summed E-state index contributed by atoms with van der Waals surface area (Å²) in [5.74, 6) is 1.10. The van der Waals surface area contributed by atoms with Crippen molar-refractivity contribution >= 4 is 5.95 Å². The fraction of sp³-hybridized carbons (Fsp3) is 0.316. The Morgan fingerprint density at radius 1 is 1.48 bits per heavy atom. The molecule has 1 N–H and O–H groups in total. The van der Waals surface area contributed by atoms with E-state index < -0.39 is 0 Å². The third-order valence-corrected chi connectivity index (χ3v) is 3.94. The van der Waals surface area contributed by atoms with Crippen LogP contribution in [0.3, 0.4) is 0 Å². The molecule has 0 bridgehead atoms. The van der Waals surface area contributed by atoms with Crippen LogP contribution in [0, 0.1) is 11.3 Å². The minimum atomic E-state index is 0.00759. The van der Waals surface area contributed by atoms with E-state index in [9.17, 15) is 5.26 Å². The van der Waals surface area contributed by atoms with Gasteiger partial charge in [-0.2, -0.15) is 5.26 Å². The standard InChI is InChI=1S/C19H20N4O2/c1-3-13(2)22-19-21-8-6-17(23-19)14-4-5-18(15(10-14)11-20)25-16-7-9-24-12-16/h3-6,8,10,13,16H,1,7,9,12H2,2H3,(H,21,22,23). The first-order chi connectivity index (χ1) is 12.2. The van der Waals surface area contributed by atoms with Gasteiger partial charge in [0, 0.05) is 24.2 Å². The summed E-state index contributed by atoms with van der Waals surface area (Å²) >= 11 is 0. The number of aromatic nitrogens is 2. The molecule has 1 fully saturated rings. The molecular formula is C19H20N4O2. The summed E-state index contributed by atoms with van der Waals surface area (Å²) in [6.45, 7) is 6.97. The summed E-state index contributed by atoms with van der Waals surface area (Å²) < 4.78 is 11.2. The van der Waals surface area contributed by atoms with Crippen LogP contribution in [0.15, 0.2) is 43.1 Å². The number of benzene rings is 1. The molecule has 6 heteroatoms. The summed E-state index contributed by atoms with van der Waals surface area (Å²) in [5.41, 5.74) is 2.06.